The number of aromatic nitrogens is 2. The number of carbonyl (C=O) groups is 1. The highest BCUT2D eigenvalue weighted by molar-refractivity contribution is 5.93. The molecule has 1 heterocycles. The Morgan fingerprint density at radius 3 is 2.62 bits per heavy atom. The fraction of sp³-hybridized carbons (Fsp3) is 0.286. The van der Waals surface area contributed by atoms with Gasteiger partial charge in [0.1, 0.15) is 0 Å². The summed E-state index contributed by atoms with van der Waals surface area (Å²) in [5.74, 6) is 1.03. The zero-order valence-corrected chi connectivity index (χ0v) is 15.4. The van der Waals surface area contributed by atoms with Crippen LogP contribution in [0.5, 0.6) is 0 Å². The second-order valence-corrected chi connectivity index (χ2v) is 6.29. The van der Waals surface area contributed by atoms with Gasteiger partial charge in [0.15, 0.2) is 0 Å². The van der Waals surface area contributed by atoms with Gasteiger partial charge in [-0.25, -0.2) is 0 Å². The summed E-state index contributed by atoms with van der Waals surface area (Å²) >= 11 is 0. The van der Waals surface area contributed by atoms with Crippen LogP contribution in [-0.4, -0.2) is 22.6 Å². The second-order valence-electron chi connectivity index (χ2n) is 6.29. The Morgan fingerprint density at radius 2 is 1.88 bits per heavy atom. The van der Waals surface area contributed by atoms with Crippen LogP contribution < -0.4 is 4.90 Å². The quantitative estimate of drug-likeness (QED) is 0.664. The van der Waals surface area contributed by atoms with E-state index in [-0.39, 0.29) is 5.91 Å². The molecule has 0 radical (unpaired) electrons. The lowest BCUT2D eigenvalue weighted by Crippen LogP contribution is -2.30. The molecule has 26 heavy (non-hydrogen) atoms. The van der Waals surface area contributed by atoms with Crippen molar-refractivity contribution >= 4 is 11.6 Å². The number of hydrogen-bond acceptors (Lipinski definition) is 4. The van der Waals surface area contributed by atoms with Gasteiger partial charge in [-0.1, -0.05) is 30.3 Å². The molecular formula is C21H23N3O2. The first-order chi connectivity index (χ1) is 12.6. The molecule has 0 fully saturated rings. The number of aryl methyl sites for hydroxylation is 3. The van der Waals surface area contributed by atoms with Crippen LogP contribution in [0.1, 0.15) is 30.4 Å². The lowest BCUT2D eigenvalue weighted by molar-refractivity contribution is -0.118. The number of nitrogens with zero attached hydrogens (tertiary/aromatic N) is 3. The Morgan fingerprint density at radius 1 is 1.08 bits per heavy atom. The van der Waals surface area contributed by atoms with Crippen molar-refractivity contribution < 1.29 is 9.21 Å². The van der Waals surface area contributed by atoms with E-state index < -0.39 is 0 Å². The van der Waals surface area contributed by atoms with Crippen LogP contribution in [0, 0.1) is 13.8 Å². The van der Waals surface area contributed by atoms with E-state index in [1.54, 1.807) is 4.90 Å². The second kappa shape index (κ2) is 7.95. The van der Waals surface area contributed by atoms with Gasteiger partial charge < -0.3 is 9.32 Å². The maximum absolute atomic E-state index is 12.6. The molecule has 5 heteroatoms. The summed E-state index contributed by atoms with van der Waals surface area (Å²) in [5.41, 5.74) is 4.06. The van der Waals surface area contributed by atoms with Crippen molar-refractivity contribution in [1.29, 1.82) is 0 Å². The maximum atomic E-state index is 12.6. The number of amides is 1. The number of carbonyl (C=O) groups excluding carboxylic acids is 1. The van der Waals surface area contributed by atoms with Crippen LogP contribution >= 0.6 is 0 Å². The smallest absolute Gasteiger partial charge is 0.247 e. The van der Waals surface area contributed by atoms with E-state index in [1.165, 1.54) is 0 Å². The van der Waals surface area contributed by atoms with Crippen LogP contribution in [0.2, 0.25) is 0 Å². The van der Waals surface area contributed by atoms with Gasteiger partial charge >= 0.3 is 0 Å². The molecule has 0 saturated carbocycles. The summed E-state index contributed by atoms with van der Waals surface area (Å²) in [4.78, 5) is 14.4. The van der Waals surface area contributed by atoms with Crippen molar-refractivity contribution in [3.8, 4) is 11.5 Å². The highest BCUT2D eigenvalue weighted by atomic mass is 16.4. The molecule has 5 nitrogen and oxygen atoms in total. The molecule has 2 aromatic carbocycles. The van der Waals surface area contributed by atoms with Gasteiger partial charge in [-0.3, -0.25) is 4.79 Å². The van der Waals surface area contributed by atoms with Crippen molar-refractivity contribution in [1.82, 2.24) is 10.2 Å². The van der Waals surface area contributed by atoms with E-state index in [4.69, 9.17) is 4.42 Å². The van der Waals surface area contributed by atoms with Crippen LogP contribution in [-0.2, 0) is 11.2 Å². The fourth-order valence-electron chi connectivity index (χ4n) is 2.92. The molecule has 0 bridgehead atoms. The number of benzene rings is 2. The Bertz CT molecular complexity index is 902. The number of rotatable bonds is 6. The first-order valence-electron chi connectivity index (χ1n) is 8.84. The summed E-state index contributed by atoms with van der Waals surface area (Å²) in [6, 6.07) is 15.8. The van der Waals surface area contributed by atoms with Gasteiger partial charge in [-0.2, -0.15) is 0 Å². The summed E-state index contributed by atoms with van der Waals surface area (Å²) in [7, 11) is 0. The number of hydrogen-bond donors (Lipinski definition) is 0. The summed E-state index contributed by atoms with van der Waals surface area (Å²) in [6.45, 7) is 6.63. The molecule has 0 spiro atoms. The third kappa shape index (κ3) is 3.99. The Labute approximate surface area is 153 Å². The molecule has 0 atom stereocenters. The minimum Gasteiger partial charge on any atom is -0.421 e. The van der Waals surface area contributed by atoms with E-state index in [1.807, 2.05) is 69.3 Å². The maximum Gasteiger partial charge on any atom is 0.247 e. The average Bonchev–Trinajstić information content (AvgIpc) is 3.10. The Balaban J connectivity index is 1.67. The molecule has 0 aliphatic rings. The highest BCUT2D eigenvalue weighted by Gasteiger charge is 2.16. The molecule has 0 saturated heterocycles. The molecule has 134 valence electrons. The highest BCUT2D eigenvalue weighted by Crippen LogP contribution is 2.22. The molecule has 0 N–H and O–H groups in total. The van der Waals surface area contributed by atoms with Crippen molar-refractivity contribution in [3.63, 3.8) is 0 Å². The molecule has 0 aliphatic heterocycles. The van der Waals surface area contributed by atoms with E-state index in [2.05, 4.69) is 10.2 Å². The third-order valence-corrected chi connectivity index (χ3v) is 4.33. The van der Waals surface area contributed by atoms with Gasteiger partial charge in [-0.05, 0) is 50.1 Å². The molecule has 0 aliphatic carbocycles. The van der Waals surface area contributed by atoms with Gasteiger partial charge in [0, 0.05) is 30.6 Å². The lowest BCUT2D eigenvalue weighted by atomic mass is 10.1. The van der Waals surface area contributed by atoms with Crippen molar-refractivity contribution in [3.05, 3.63) is 65.5 Å². The van der Waals surface area contributed by atoms with Crippen LogP contribution in [0.15, 0.2) is 52.9 Å². The van der Waals surface area contributed by atoms with Gasteiger partial charge in [0.05, 0.1) is 0 Å². The van der Waals surface area contributed by atoms with Gasteiger partial charge in [0.25, 0.3) is 0 Å². The van der Waals surface area contributed by atoms with Crippen molar-refractivity contribution in [2.45, 2.75) is 33.6 Å². The molecule has 1 amide bonds. The number of anilines is 1. The Kier molecular flexibility index (Phi) is 5.46. The van der Waals surface area contributed by atoms with E-state index in [0.717, 1.165) is 22.4 Å². The van der Waals surface area contributed by atoms with E-state index in [0.29, 0.717) is 31.2 Å². The topological polar surface area (TPSA) is 59.2 Å². The molecule has 0 unspecified atom stereocenters. The zero-order valence-electron chi connectivity index (χ0n) is 15.4. The van der Waals surface area contributed by atoms with Crippen molar-refractivity contribution in [2.24, 2.45) is 0 Å². The minimum absolute atomic E-state index is 0.0498. The summed E-state index contributed by atoms with van der Waals surface area (Å²) < 4.78 is 5.75. The van der Waals surface area contributed by atoms with Crippen LogP contribution in [0.4, 0.5) is 5.69 Å². The SMILES string of the molecule is CCN(C(=O)CCc1nnc(-c2ccccc2C)o1)c1cccc(C)c1. The lowest BCUT2D eigenvalue weighted by Gasteiger charge is -2.21. The fourth-order valence-corrected chi connectivity index (χ4v) is 2.92. The monoisotopic (exact) mass is 349 g/mol. The molecular weight excluding hydrogens is 326 g/mol. The predicted octanol–water partition coefficient (Wildman–Crippen LogP) is 4.34. The predicted molar refractivity (Wildman–Crippen MR) is 102 cm³/mol. The van der Waals surface area contributed by atoms with Gasteiger partial charge in [0.2, 0.25) is 17.7 Å². The molecule has 3 rings (SSSR count). The largest absolute Gasteiger partial charge is 0.421 e. The van der Waals surface area contributed by atoms with Crippen LogP contribution in [0.25, 0.3) is 11.5 Å². The average molecular weight is 349 g/mol. The summed E-state index contributed by atoms with van der Waals surface area (Å²) in [5, 5.41) is 8.21. The summed E-state index contributed by atoms with van der Waals surface area (Å²) in [6.07, 6.45) is 0.761. The Hall–Kier alpha value is -2.95. The third-order valence-electron chi connectivity index (χ3n) is 4.33. The van der Waals surface area contributed by atoms with E-state index >= 15 is 0 Å². The van der Waals surface area contributed by atoms with Gasteiger partial charge in [-0.15, -0.1) is 10.2 Å². The zero-order chi connectivity index (χ0) is 18.5. The molecule has 1 aromatic heterocycles. The van der Waals surface area contributed by atoms with Crippen LogP contribution in [0.3, 0.4) is 0 Å². The first kappa shape index (κ1) is 17.9. The molecule has 3 aromatic rings. The standard InChI is InChI=1S/C21H23N3O2/c1-4-24(17-10-7-8-15(2)14-17)20(25)13-12-19-22-23-21(26-19)18-11-6-5-9-16(18)3/h5-11,14H,4,12-13H2,1-3H3. The minimum atomic E-state index is 0.0498. The van der Waals surface area contributed by atoms with Crippen molar-refractivity contribution in [2.75, 3.05) is 11.4 Å². The first-order valence-corrected chi connectivity index (χ1v) is 8.84. The van der Waals surface area contributed by atoms with E-state index in [9.17, 15) is 4.79 Å². The normalized spacial score (nSPS) is 10.7.